The highest BCUT2D eigenvalue weighted by molar-refractivity contribution is 5.82. The van der Waals surface area contributed by atoms with Crippen molar-refractivity contribution in [1.82, 2.24) is 15.2 Å². The summed E-state index contributed by atoms with van der Waals surface area (Å²) in [6.07, 6.45) is 3.48. The minimum atomic E-state index is 0.440. The van der Waals surface area contributed by atoms with Crippen molar-refractivity contribution < 1.29 is 9.15 Å². The van der Waals surface area contributed by atoms with Crippen molar-refractivity contribution in [2.75, 3.05) is 12.4 Å². The van der Waals surface area contributed by atoms with Crippen LogP contribution < -0.4 is 10.1 Å². The first kappa shape index (κ1) is 13.4. The molecule has 0 saturated heterocycles. The molecule has 0 atom stereocenters. The third-order valence-electron chi connectivity index (χ3n) is 3.57. The van der Waals surface area contributed by atoms with Crippen molar-refractivity contribution >= 4 is 22.6 Å². The molecule has 0 aliphatic carbocycles. The van der Waals surface area contributed by atoms with Gasteiger partial charge in [-0.3, -0.25) is 5.10 Å². The maximum Gasteiger partial charge on any atom is 0.299 e. The number of methoxy groups -OCH3 is 1. The second-order valence-corrected chi connectivity index (χ2v) is 5.06. The van der Waals surface area contributed by atoms with Crippen LogP contribution in [0.5, 0.6) is 5.75 Å². The number of ether oxygens (including phenoxy) is 1. The number of fused-ring (bicyclic) bond motifs is 1. The number of nitrogens with zero attached hydrogens (tertiary/aromatic N) is 2. The zero-order chi connectivity index (χ0) is 15.6. The van der Waals surface area contributed by atoms with E-state index in [0.29, 0.717) is 11.8 Å². The molecule has 0 aliphatic rings. The first-order chi connectivity index (χ1) is 11.3. The molecular weight excluding hydrogens is 292 g/mol. The number of aromatic nitrogens is 3. The van der Waals surface area contributed by atoms with E-state index in [1.165, 1.54) is 0 Å². The van der Waals surface area contributed by atoms with Crippen molar-refractivity contribution in [3.8, 4) is 17.1 Å². The van der Waals surface area contributed by atoms with E-state index in [1.807, 2.05) is 42.5 Å². The number of hydrogen-bond acceptors (Lipinski definition) is 5. The average molecular weight is 306 g/mol. The van der Waals surface area contributed by atoms with Crippen molar-refractivity contribution in [3.05, 3.63) is 54.9 Å². The van der Waals surface area contributed by atoms with E-state index in [9.17, 15) is 0 Å². The Hall–Kier alpha value is -3.28. The summed E-state index contributed by atoms with van der Waals surface area (Å²) in [7, 11) is 1.64. The molecule has 0 radical (unpaired) electrons. The molecule has 0 saturated carbocycles. The molecule has 0 bridgehead atoms. The minimum Gasteiger partial charge on any atom is -0.497 e. The number of hydrogen-bond donors (Lipinski definition) is 2. The van der Waals surface area contributed by atoms with Crippen molar-refractivity contribution in [2.45, 2.75) is 0 Å². The minimum absolute atomic E-state index is 0.440. The highest BCUT2D eigenvalue weighted by atomic mass is 16.5. The van der Waals surface area contributed by atoms with E-state index >= 15 is 0 Å². The van der Waals surface area contributed by atoms with Crippen LogP contribution in [-0.4, -0.2) is 22.3 Å². The number of aromatic amines is 1. The molecular formula is C17H14N4O2. The molecule has 0 amide bonds. The van der Waals surface area contributed by atoms with Crippen LogP contribution in [0.15, 0.2) is 59.3 Å². The molecule has 0 spiro atoms. The van der Waals surface area contributed by atoms with Crippen LogP contribution in [0.1, 0.15) is 0 Å². The average Bonchev–Trinajstić information content (AvgIpc) is 3.24. The van der Waals surface area contributed by atoms with Crippen LogP contribution >= 0.6 is 0 Å². The fourth-order valence-corrected chi connectivity index (χ4v) is 2.36. The molecule has 2 aromatic heterocycles. The zero-order valence-electron chi connectivity index (χ0n) is 12.4. The summed E-state index contributed by atoms with van der Waals surface area (Å²) >= 11 is 0. The largest absolute Gasteiger partial charge is 0.497 e. The Balaban J connectivity index is 1.56. The van der Waals surface area contributed by atoms with Crippen LogP contribution in [0.25, 0.3) is 22.2 Å². The molecule has 2 N–H and O–H groups in total. The van der Waals surface area contributed by atoms with E-state index in [-0.39, 0.29) is 0 Å². The molecule has 0 aliphatic heterocycles. The Labute approximate surface area is 132 Å². The van der Waals surface area contributed by atoms with Crippen LogP contribution in [0.3, 0.4) is 0 Å². The van der Waals surface area contributed by atoms with Gasteiger partial charge < -0.3 is 14.5 Å². The number of rotatable bonds is 4. The van der Waals surface area contributed by atoms with Gasteiger partial charge in [0.25, 0.3) is 6.01 Å². The van der Waals surface area contributed by atoms with E-state index in [4.69, 9.17) is 9.15 Å². The Morgan fingerprint density at radius 3 is 2.78 bits per heavy atom. The van der Waals surface area contributed by atoms with Gasteiger partial charge in [-0.1, -0.05) is 0 Å². The highest BCUT2D eigenvalue weighted by Crippen LogP contribution is 2.26. The lowest BCUT2D eigenvalue weighted by molar-refractivity contribution is 0.415. The lowest BCUT2D eigenvalue weighted by Gasteiger charge is -2.02. The normalized spacial score (nSPS) is 10.8. The summed E-state index contributed by atoms with van der Waals surface area (Å²) in [5.74, 6) is 1.50. The molecule has 0 fully saturated rings. The predicted octanol–water partition coefficient (Wildman–Crippen LogP) is 3.97. The zero-order valence-corrected chi connectivity index (χ0v) is 12.4. The van der Waals surface area contributed by atoms with Gasteiger partial charge in [0.15, 0.2) is 5.76 Å². The van der Waals surface area contributed by atoms with Crippen LogP contribution in [0, 0.1) is 0 Å². The summed E-state index contributed by atoms with van der Waals surface area (Å²) < 4.78 is 10.9. The van der Waals surface area contributed by atoms with Crippen LogP contribution in [-0.2, 0) is 0 Å². The van der Waals surface area contributed by atoms with E-state index in [0.717, 1.165) is 27.9 Å². The van der Waals surface area contributed by atoms with Gasteiger partial charge in [0.05, 0.1) is 25.0 Å². The van der Waals surface area contributed by atoms with E-state index in [2.05, 4.69) is 20.5 Å². The molecule has 0 unspecified atom stereocenters. The van der Waals surface area contributed by atoms with Gasteiger partial charge >= 0.3 is 0 Å². The molecule has 4 aromatic rings. The third-order valence-corrected chi connectivity index (χ3v) is 3.57. The first-order valence-corrected chi connectivity index (χ1v) is 7.12. The van der Waals surface area contributed by atoms with Crippen molar-refractivity contribution in [3.63, 3.8) is 0 Å². The molecule has 114 valence electrons. The van der Waals surface area contributed by atoms with Gasteiger partial charge in [-0.05, 0) is 42.5 Å². The summed E-state index contributed by atoms with van der Waals surface area (Å²) in [6, 6.07) is 14.0. The maximum absolute atomic E-state index is 5.75. The summed E-state index contributed by atoms with van der Waals surface area (Å²) in [5, 5.41) is 11.1. The molecule has 4 rings (SSSR count). The number of anilines is 2. The van der Waals surface area contributed by atoms with E-state index < -0.39 is 0 Å². The van der Waals surface area contributed by atoms with Gasteiger partial charge in [0.2, 0.25) is 0 Å². The first-order valence-electron chi connectivity index (χ1n) is 7.12. The summed E-state index contributed by atoms with van der Waals surface area (Å²) in [5.41, 5.74) is 2.78. The third kappa shape index (κ3) is 2.62. The number of nitrogens with one attached hydrogen (secondary N) is 2. The molecule has 2 aromatic carbocycles. The van der Waals surface area contributed by atoms with Crippen molar-refractivity contribution in [2.24, 2.45) is 0 Å². The number of oxazole rings is 1. The molecule has 6 heteroatoms. The lowest BCUT2D eigenvalue weighted by Crippen LogP contribution is -1.89. The number of benzene rings is 2. The van der Waals surface area contributed by atoms with Gasteiger partial charge in [-0.15, -0.1) is 0 Å². The van der Waals surface area contributed by atoms with Crippen LogP contribution in [0.2, 0.25) is 0 Å². The fraction of sp³-hybridized carbons (Fsp3) is 0.0588. The summed E-state index contributed by atoms with van der Waals surface area (Å²) in [6.45, 7) is 0. The Kier molecular flexibility index (Phi) is 3.20. The second kappa shape index (κ2) is 5.49. The van der Waals surface area contributed by atoms with Gasteiger partial charge in [-0.2, -0.15) is 5.10 Å². The Morgan fingerprint density at radius 1 is 1.09 bits per heavy atom. The van der Waals surface area contributed by atoms with Crippen molar-refractivity contribution in [1.29, 1.82) is 0 Å². The predicted molar refractivity (Wildman–Crippen MR) is 87.9 cm³/mol. The SMILES string of the molecule is COc1ccc(-c2cnc(Nc3ccc4cn[nH]c4c3)o2)cc1. The van der Waals surface area contributed by atoms with Gasteiger partial charge in [-0.25, -0.2) is 4.98 Å². The quantitative estimate of drug-likeness (QED) is 0.596. The topological polar surface area (TPSA) is 76.0 Å². The summed E-state index contributed by atoms with van der Waals surface area (Å²) in [4.78, 5) is 4.26. The number of H-pyrrole nitrogens is 1. The Bertz CT molecular complexity index is 941. The van der Waals surface area contributed by atoms with Crippen LogP contribution in [0.4, 0.5) is 11.7 Å². The molecule has 2 heterocycles. The maximum atomic E-state index is 5.75. The highest BCUT2D eigenvalue weighted by Gasteiger charge is 2.07. The smallest absolute Gasteiger partial charge is 0.299 e. The standard InChI is InChI=1S/C17H14N4O2/c1-22-14-6-3-11(4-7-14)16-10-18-17(23-16)20-13-5-2-12-9-19-21-15(12)8-13/h2-10H,1H3,(H,18,20)(H,19,21). The second-order valence-electron chi connectivity index (χ2n) is 5.06. The fourth-order valence-electron chi connectivity index (χ4n) is 2.36. The molecule has 23 heavy (non-hydrogen) atoms. The van der Waals surface area contributed by atoms with Gasteiger partial charge in [0, 0.05) is 16.6 Å². The van der Waals surface area contributed by atoms with Gasteiger partial charge in [0.1, 0.15) is 5.75 Å². The monoisotopic (exact) mass is 306 g/mol. The lowest BCUT2D eigenvalue weighted by atomic mass is 10.2. The van der Waals surface area contributed by atoms with E-state index in [1.54, 1.807) is 19.5 Å². The molecule has 6 nitrogen and oxygen atoms in total. The Morgan fingerprint density at radius 2 is 1.96 bits per heavy atom.